The highest BCUT2D eigenvalue weighted by molar-refractivity contribution is 6.33. The predicted molar refractivity (Wildman–Crippen MR) is 81.1 cm³/mol. The Balaban J connectivity index is 2.03. The molecule has 0 aliphatic rings. The van der Waals surface area contributed by atoms with Crippen LogP contribution in [0.15, 0.2) is 16.5 Å². The van der Waals surface area contributed by atoms with Crippen LogP contribution in [0.25, 0.3) is 0 Å². The van der Waals surface area contributed by atoms with Gasteiger partial charge >= 0.3 is 0 Å². The number of nitrogens with one attached hydrogen (secondary N) is 1. The summed E-state index contributed by atoms with van der Waals surface area (Å²) in [5.74, 6) is 2.67. The van der Waals surface area contributed by atoms with Crippen molar-refractivity contribution in [1.82, 2.24) is 10.3 Å². The molecule has 0 unspecified atom stereocenters. The standard InChI is InChI=1S/C15H19ClN2O3/c1-9-10(2)21-13(18-9)8-17-7-11-5-6-12(19-3)15(20-4)14(11)16/h5-6,17H,7-8H2,1-4H3. The summed E-state index contributed by atoms with van der Waals surface area (Å²) in [6, 6.07) is 3.74. The molecule has 0 aliphatic carbocycles. The highest BCUT2D eigenvalue weighted by Gasteiger charge is 2.13. The molecule has 0 aliphatic heterocycles. The van der Waals surface area contributed by atoms with E-state index in [0.717, 1.165) is 17.0 Å². The van der Waals surface area contributed by atoms with Gasteiger partial charge in [0.15, 0.2) is 11.5 Å². The molecule has 1 heterocycles. The van der Waals surface area contributed by atoms with Crippen LogP contribution in [0.1, 0.15) is 22.9 Å². The zero-order valence-corrected chi connectivity index (χ0v) is 13.4. The summed E-state index contributed by atoms with van der Waals surface area (Å²) in [5.41, 5.74) is 1.84. The zero-order valence-electron chi connectivity index (χ0n) is 12.6. The van der Waals surface area contributed by atoms with E-state index in [0.29, 0.717) is 35.5 Å². The summed E-state index contributed by atoms with van der Waals surface area (Å²) in [6.07, 6.45) is 0. The molecule has 5 nitrogen and oxygen atoms in total. The van der Waals surface area contributed by atoms with Gasteiger partial charge in [0.1, 0.15) is 5.76 Å². The number of halogens is 1. The topological polar surface area (TPSA) is 56.5 Å². The van der Waals surface area contributed by atoms with Gasteiger partial charge in [-0.2, -0.15) is 0 Å². The fourth-order valence-electron chi connectivity index (χ4n) is 1.99. The molecule has 1 N–H and O–H groups in total. The van der Waals surface area contributed by atoms with E-state index in [-0.39, 0.29) is 0 Å². The third kappa shape index (κ3) is 3.49. The van der Waals surface area contributed by atoms with E-state index < -0.39 is 0 Å². The Morgan fingerprint density at radius 2 is 1.95 bits per heavy atom. The Morgan fingerprint density at radius 3 is 2.52 bits per heavy atom. The Hall–Kier alpha value is -1.72. The van der Waals surface area contributed by atoms with Crippen LogP contribution in [0.4, 0.5) is 0 Å². The van der Waals surface area contributed by atoms with Crippen LogP contribution < -0.4 is 14.8 Å². The lowest BCUT2D eigenvalue weighted by Gasteiger charge is -2.12. The van der Waals surface area contributed by atoms with Gasteiger partial charge in [0.05, 0.1) is 31.5 Å². The van der Waals surface area contributed by atoms with Crippen LogP contribution in [0.2, 0.25) is 5.02 Å². The summed E-state index contributed by atoms with van der Waals surface area (Å²) in [4.78, 5) is 4.32. The second kappa shape index (κ2) is 6.83. The van der Waals surface area contributed by atoms with E-state index in [1.54, 1.807) is 14.2 Å². The van der Waals surface area contributed by atoms with Crippen molar-refractivity contribution in [1.29, 1.82) is 0 Å². The molecule has 0 bridgehead atoms. The van der Waals surface area contributed by atoms with Gasteiger partial charge in [0.25, 0.3) is 0 Å². The van der Waals surface area contributed by atoms with Crippen molar-refractivity contribution in [3.8, 4) is 11.5 Å². The third-order valence-electron chi connectivity index (χ3n) is 3.23. The summed E-state index contributed by atoms with van der Waals surface area (Å²) in [7, 11) is 3.15. The zero-order chi connectivity index (χ0) is 15.4. The molecule has 0 amide bonds. The van der Waals surface area contributed by atoms with Crippen molar-refractivity contribution < 1.29 is 13.9 Å². The first-order valence-corrected chi connectivity index (χ1v) is 6.97. The monoisotopic (exact) mass is 310 g/mol. The van der Waals surface area contributed by atoms with E-state index in [1.165, 1.54) is 0 Å². The van der Waals surface area contributed by atoms with Crippen LogP contribution in [0.5, 0.6) is 11.5 Å². The Kier molecular flexibility index (Phi) is 5.09. The van der Waals surface area contributed by atoms with Crippen molar-refractivity contribution in [2.24, 2.45) is 0 Å². The summed E-state index contributed by atoms with van der Waals surface area (Å²) in [6.45, 7) is 4.95. The van der Waals surface area contributed by atoms with E-state index in [9.17, 15) is 0 Å². The molecule has 21 heavy (non-hydrogen) atoms. The molecule has 0 radical (unpaired) electrons. The largest absolute Gasteiger partial charge is 0.493 e. The first kappa shape index (κ1) is 15.7. The first-order valence-electron chi connectivity index (χ1n) is 6.59. The van der Waals surface area contributed by atoms with Crippen LogP contribution in [-0.2, 0) is 13.1 Å². The lowest BCUT2D eigenvalue weighted by atomic mass is 10.2. The minimum atomic E-state index is 0.541. The highest BCUT2D eigenvalue weighted by atomic mass is 35.5. The predicted octanol–water partition coefficient (Wildman–Crippen LogP) is 3.25. The number of rotatable bonds is 6. The molecular weight excluding hydrogens is 292 g/mol. The average molecular weight is 311 g/mol. The fourth-order valence-corrected chi connectivity index (χ4v) is 2.29. The summed E-state index contributed by atoms with van der Waals surface area (Å²) >= 11 is 6.32. The van der Waals surface area contributed by atoms with Crippen molar-refractivity contribution in [2.75, 3.05) is 14.2 Å². The first-order chi connectivity index (χ1) is 10.1. The SMILES string of the molecule is COc1ccc(CNCc2nc(C)c(C)o2)c(Cl)c1OC. The van der Waals surface area contributed by atoms with Gasteiger partial charge in [-0.05, 0) is 25.5 Å². The van der Waals surface area contributed by atoms with Gasteiger partial charge < -0.3 is 19.2 Å². The van der Waals surface area contributed by atoms with Crippen LogP contribution >= 0.6 is 11.6 Å². The van der Waals surface area contributed by atoms with Crippen molar-refractivity contribution in [3.63, 3.8) is 0 Å². The van der Waals surface area contributed by atoms with E-state index in [2.05, 4.69) is 10.3 Å². The molecule has 1 aromatic heterocycles. The number of benzene rings is 1. The number of aromatic nitrogens is 1. The van der Waals surface area contributed by atoms with Gasteiger partial charge in [0.2, 0.25) is 5.89 Å². The van der Waals surface area contributed by atoms with Gasteiger partial charge in [-0.1, -0.05) is 17.7 Å². The Morgan fingerprint density at radius 1 is 1.19 bits per heavy atom. The number of hydrogen-bond donors (Lipinski definition) is 1. The molecule has 0 saturated heterocycles. The molecule has 0 atom stereocenters. The molecule has 0 spiro atoms. The normalized spacial score (nSPS) is 10.7. The minimum absolute atomic E-state index is 0.541. The van der Waals surface area contributed by atoms with E-state index >= 15 is 0 Å². The lowest BCUT2D eigenvalue weighted by Crippen LogP contribution is -2.13. The number of hydrogen-bond acceptors (Lipinski definition) is 5. The highest BCUT2D eigenvalue weighted by Crippen LogP contribution is 2.37. The number of nitrogens with zero attached hydrogens (tertiary/aromatic N) is 1. The molecule has 0 saturated carbocycles. The Bertz CT molecular complexity index is 606. The fraction of sp³-hybridized carbons (Fsp3) is 0.400. The number of aryl methyl sites for hydroxylation is 2. The van der Waals surface area contributed by atoms with Gasteiger partial charge in [-0.3, -0.25) is 0 Å². The van der Waals surface area contributed by atoms with Crippen molar-refractivity contribution in [2.45, 2.75) is 26.9 Å². The quantitative estimate of drug-likeness (QED) is 0.887. The lowest BCUT2D eigenvalue weighted by molar-refractivity contribution is 0.354. The molecule has 1 aromatic carbocycles. The number of oxazole rings is 1. The maximum absolute atomic E-state index is 6.32. The maximum Gasteiger partial charge on any atom is 0.208 e. The molecule has 0 fully saturated rings. The van der Waals surface area contributed by atoms with Gasteiger partial charge in [0, 0.05) is 6.54 Å². The van der Waals surface area contributed by atoms with Crippen molar-refractivity contribution >= 4 is 11.6 Å². The van der Waals surface area contributed by atoms with E-state index in [4.69, 9.17) is 25.5 Å². The van der Waals surface area contributed by atoms with Gasteiger partial charge in [-0.15, -0.1) is 0 Å². The second-order valence-electron chi connectivity index (χ2n) is 4.63. The van der Waals surface area contributed by atoms with Crippen molar-refractivity contribution in [3.05, 3.63) is 40.1 Å². The van der Waals surface area contributed by atoms with Gasteiger partial charge in [-0.25, -0.2) is 4.98 Å². The summed E-state index contributed by atoms with van der Waals surface area (Å²) < 4.78 is 16.0. The van der Waals surface area contributed by atoms with Crippen LogP contribution in [0, 0.1) is 13.8 Å². The minimum Gasteiger partial charge on any atom is -0.493 e. The maximum atomic E-state index is 6.32. The molecule has 2 aromatic rings. The molecule has 6 heteroatoms. The molecule has 2 rings (SSSR count). The molecular formula is C15H19ClN2O3. The number of ether oxygens (including phenoxy) is 2. The molecule has 114 valence electrons. The van der Waals surface area contributed by atoms with E-state index in [1.807, 2.05) is 26.0 Å². The summed E-state index contributed by atoms with van der Waals surface area (Å²) in [5, 5.41) is 3.80. The number of methoxy groups -OCH3 is 2. The van der Waals surface area contributed by atoms with Crippen LogP contribution in [-0.4, -0.2) is 19.2 Å². The second-order valence-corrected chi connectivity index (χ2v) is 5.00. The third-order valence-corrected chi connectivity index (χ3v) is 3.64. The smallest absolute Gasteiger partial charge is 0.208 e. The average Bonchev–Trinajstić information content (AvgIpc) is 2.79. The Labute approximate surface area is 129 Å². The van der Waals surface area contributed by atoms with Crippen LogP contribution in [0.3, 0.4) is 0 Å².